The number of carbonyl (C=O) groups is 2. The van der Waals surface area contributed by atoms with Crippen molar-refractivity contribution in [2.45, 2.75) is 20.0 Å². The molecule has 1 unspecified atom stereocenters. The molecule has 0 aromatic heterocycles. The number of aryl methyl sites for hydroxylation is 1. The summed E-state index contributed by atoms with van der Waals surface area (Å²) in [7, 11) is 2.87. The highest BCUT2D eigenvalue weighted by Gasteiger charge is 2.17. The van der Waals surface area contributed by atoms with Crippen LogP contribution in [0.5, 0.6) is 11.5 Å². The molecule has 0 aliphatic rings. The smallest absolute Gasteiger partial charge is 0.337 e. The lowest BCUT2D eigenvalue weighted by Crippen LogP contribution is -2.30. The van der Waals surface area contributed by atoms with Gasteiger partial charge in [0.25, 0.3) is 5.91 Å². The Morgan fingerprint density at radius 3 is 2.44 bits per heavy atom. The monoisotopic (exact) mass is 343 g/mol. The van der Waals surface area contributed by atoms with Crippen LogP contribution in [0.15, 0.2) is 42.5 Å². The molecule has 0 saturated heterocycles. The molecule has 6 nitrogen and oxygen atoms in total. The van der Waals surface area contributed by atoms with E-state index >= 15 is 0 Å². The SMILES string of the molecule is COC(=O)c1ccc(C)c(NC(=O)C(C)Oc2cccc(OC)c2)c1. The van der Waals surface area contributed by atoms with Gasteiger partial charge in [-0.3, -0.25) is 4.79 Å². The molecule has 25 heavy (non-hydrogen) atoms. The second kappa shape index (κ2) is 8.19. The molecule has 2 rings (SSSR count). The van der Waals surface area contributed by atoms with Gasteiger partial charge in [-0.25, -0.2) is 4.79 Å². The van der Waals surface area contributed by atoms with Gasteiger partial charge in [0.2, 0.25) is 0 Å². The fraction of sp³-hybridized carbons (Fsp3) is 0.263. The van der Waals surface area contributed by atoms with E-state index in [1.807, 2.05) is 6.92 Å². The predicted octanol–water partition coefficient (Wildman–Crippen LogP) is 3.20. The van der Waals surface area contributed by atoms with Gasteiger partial charge in [-0.2, -0.15) is 0 Å². The molecular formula is C19H21NO5. The van der Waals surface area contributed by atoms with Crippen molar-refractivity contribution in [1.82, 2.24) is 0 Å². The number of amides is 1. The Morgan fingerprint density at radius 1 is 1.04 bits per heavy atom. The van der Waals surface area contributed by atoms with Crippen molar-refractivity contribution in [3.8, 4) is 11.5 Å². The Morgan fingerprint density at radius 2 is 1.76 bits per heavy atom. The quantitative estimate of drug-likeness (QED) is 0.816. The number of carbonyl (C=O) groups excluding carboxylic acids is 2. The number of nitrogens with one attached hydrogen (secondary N) is 1. The van der Waals surface area contributed by atoms with Crippen LogP contribution in [-0.2, 0) is 9.53 Å². The van der Waals surface area contributed by atoms with Gasteiger partial charge in [0.05, 0.1) is 19.8 Å². The Balaban J connectivity index is 2.09. The van der Waals surface area contributed by atoms with Gasteiger partial charge >= 0.3 is 5.97 Å². The molecular weight excluding hydrogens is 322 g/mol. The summed E-state index contributed by atoms with van der Waals surface area (Å²) in [6.45, 7) is 3.48. The number of hydrogen-bond donors (Lipinski definition) is 1. The summed E-state index contributed by atoms with van der Waals surface area (Å²) < 4.78 is 15.5. The number of rotatable bonds is 6. The molecule has 6 heteroatoms. The molecule has 132 valence electrons. The largest absolute Gasteiger partial charge is 0.497 e. The molecule has 0 aliphatic carbocycles. The maximum atomic E-state index is 12.4. The van der Waals surface area contributed by atoms with E-state index in [1.54, 1.807) is 56.5 Å². The molecule has 0 fully saturated rings. The van der Waals surface area contributed by atoms with Crippen molar-refractivity contribution in [3.63, 3.8) is 0 Å². The summed E-state index contributed by atoms with van der Waals surface area (Å²) in [5.41, 5.74) is 1.73. The first kappa shape index (κ1) is 18.3. The third-order valence-corrected chi connectivity index (χ3v) is 3.64. The Labute approximate surface area is 146 Å². The van der Waals surface area contributed by atoms with Crippen LogP contribution in [-0.4, -0.2) is 32.2 Å². The molecule has 2 aromatic carbocycles. The normalized spacial score (nSPS) is 11.4. The standard InChI is InChI=1S/C19H21NO5/c1-12-8-9-14(19(22)24-4)10-17(12)20-18(21)13(2)25-16-7-5-6-15(11-16)23-3/h5-11,13H,1-4H3,(H,20,21). The molecule has 0 spiro atoms. The summed E-state index contributed by atoms with van der Waals surface area (Å²) in [5, 5.41) is 2.78. The molecule has 0 bridgehead atoms. The van der Waals surface area contributed by atoms with Crippen molar-refractivity contribution < 1.29 is 23.8 Å². The van der Waals surface area contributed by atoms with Gasteiger partial charge in [-0.1, -0.05) is 12.1 Å². The van der Waals surface area contributed by atoms with Crippen molar-refractivity contribution in [2.75, 3.05) is 19.5 Å². The minimum atomic E-state index is -0.728. The van der Waals surface area contributed by atoms with Crippen LogP contribution >= 0.6 is 0 Å². The number of esters is 1. The average molecular weight is 343 g/mol. The number of hydrogen-bond acceptors (Lipinski definition) is 5. The number of benzene rings is 2. The van der Waals surface area contributed by atoms with Gasteiger partial charge in [0.1, 0.15) is 11.5 Å². The van der Waals surface area contributed by atoms with Gasteiger partial charge in [-0.15, -0.1) is 0 Å². The first-order chi connectivity index (χ1) is 11.9. The molecule has 1 atom stereocenters. The van der Waals surface area contributed by atoms with E-state index in [1.165, 1.54) is 7.11 Å². The van der Waals surface area contributed by atoms with Crippen molar-refractivity contribution >= 4 is 17.6 Å². The molecule has 1 amide bonds. The van der Waals surface area contributed by atoms with E-state index in [0.717, 1.165) is 5.56 Å². The van der Waals surface area contributed by atoms with Gasteiger partial charge < -0.3 is 19.5 Å². The number of anilines is 1. The van der Waals surface area contributed by atoms with E-state index in [9.17, 15) is 9.59 Å². The van der Waals surface area contributed by atoms with E-state index in [-0.39, 0.29) is 5.91 Å². The zero-order valence-electron chi connectivity index (χ0n) is 14.7. The van der Waals surface area contributed by atoms with Crippen molar-refractivity contribution in [2.24, 2.45) is 0 Å². The maximum absolute atomic E-state index is 12.4. The van der Waals surface area contributed by atoms with Gasteiger partial charge in [0.15, 0.2) is 6.10 Å². The highest BCUT2D eigenvalue weighted by molar-refractivity contribution is 5.97. The zero-order chi connectivity index (χ0) is 18.4. The number of ether oxygens (including phenoxy) is 3. The van der Waals surface area contributed by atoms with Gasteiger partial charge in [0, 0.05) is 11.8 Å². The van der Waals surface area contributed by atoms with Crippen LogP contribution in [0.25, 0.3) is 0 Å². The third-order valence-electron chi connectivity index (χ3n) is 3.64. The Bertz CT molecular complexity index is 772. The molecule has 0 radical (unpaired) electrons. The zero-order valence-corrected chi connectivity index (χ0v) is 14.7. The van der Waals surface area contributed by atoms with Crippen LogP contribution in [0.3, 0.4) is 0 Å². The summed E-state index contributed by atoms with van der Waals surface area (Å²) in [5.74, 6) is 0.387. The van der Waals surface area contributed by atoms with Crippen LogP contribution < -0.4 is 14.8 Å². The van der Waals surface area contributed by atoms with Crippen molar-refractivity contribution in [1.29, 1.82) is 0 Å². The Kier molecular flexibility index (Phi) is 6.00. The third kappa shape index (κ3) is 4.73. The van der Waals surface area contributed by atoms with E-state index in [2.05, 4.69) is 5.32 Å². The van der Waals surface area contributed by atoms with Crippen molar-refractivity contribution in [3.05, 3.63) is 53.6 Å². The van der Waals surface area contributed by atoms with E-state index in [0.29, 0.717) is 22.7 Å². The lowest BCUT2D eigenvalue weighted by molar-refractivity contribution is -0.122. The fourth-order valence-electron chi connectivity index (χ4n) is 2.17. The molecule has 0 aliphatic heterocycles. The first-order valence-corrected chi connectivity index (χ1v) is 7.75. The minimum Gasteiger partial charge on any atom is -0.497 e. The highest BCUT2D eigenvalue weighted by atomic mass is 16.5. The molecule has 0 heterocycles. The lowest BCUT2D eigenvalue weighted by atomic mass is 10.1. The van der Waals surface area contributed by atoms with Gasteiger partial charge in [-0.05, 0) is 43.7 Å². The average Bonchev–Trinajstić information content (AvgIpc) is 2.62. The van der Waals surface area contributed by atoms with Crippen LogP contribution in [0.2, 0.25) is 0 Å². The summed E-state index contributed by atoms with van der Waals surface area (Å²) in [6, 6.07) is 12.0. The molecule has 2 aromatic rings. The Hall–Kier alpha value is -3.02. The van der Waals surface area contributed by atoms with Crippen LogP contribution in [0.1, 0.15) is 22.8 Å². The topological polar surface area (TPSA) is 73.9 Å². The molecule has 0 saturated carbocycles. The molecule has 1 N–H and O–H groups in total. The predicted molar refractivity (Wildman–Crippen MR) is 94.2 cm³/mol. The lowest BCUT2D eigenvalue weighted by Gasteiger charge is -2.16. The minimum absolute atomic E-state index is 0.326. The summed E-state index contributed by atoms with van der Waals surface area (Å²) in [4.78, 5) is 24.0. The maximum Gasteiger partial charge on any atom is 0.337 e. The summed E-state index contributed by atoms with van der Waals surface area (Å²) in [6.07, 6.45) is -0.728. The van der Waals surface area contributed by atoms with E-state index < -0.39 is 12.1 Å². The second-order valence-corrected chi connectivity index (χ2v) is 5.45. The van der Waals surface area contributed by atoms with E-state index in [4.69, 9.17) is 14.2 Å². The van der Waals surface area contributed by atoms with Crippen LogP contribution in [0.4, 0.5) is 5.69 Å². The highest BCUT2D eigenvalue weighted by Crippen LogP contribution is 2.21. The first-order valence-electron chi connectivity index (χ1n) is 7.75. The van der Waals surface area contributed by atoms with Crippen LogP contribution in [0, 0.1) is 6.92 Å². The number of methoxy groups -OCH3 is 2. The fourth-order valence-corrected chi connectivity index (χ4v) is 2.17. The summed E-state index contributed by atoms with van der Waals surface area (Å²) >= 11 is 0. The second-order valence-electron chi connectivity index (χ2n) is 5.45.